The molecule has 3 aromatic rings. The zero-order valence-electron chi connectivity index (χ0n) is 12.4. The van der Waals surface area contributed by atoms with E-state index in [-0.39, 0.29) is 11.6 Å². The molecule has 0 spiro atoms. The quantitative estimate of drug-likeness (QED) is 0.744. The van der Waals surface area contributed by atoms with Crippen molar-refractivity contribution in [2.75, 3.05) is 0 Å². The molecule has 21 heavy (non-hydrogen) atoms. The van der Waals surface area contributed by atoms with Crippen LogP contribution >= 0.6 is 11.3 Å². The lowest BCUT2D eigenvalue weighted by Crippen LogP contribution is -2.23. The third-order valence-electron chi connectivity index (χ3n) is 3.65. The monoisotopic (exact) mass is 302 g/mol. The first-order chi connectivity index (χ1) is 10.1. The Morgan fingerprint density at radius 2 is 2.24 bits per heavy atom. The highest BCUT2D eigenvalue weighted by Crippen LogP contribution is 2.23. The fraction of sp³-hybridized carbons (Fsp3) is 0.400. The van der Waals surface area contributed by atoms with Crippen LogP contribution in [0.3, 0.4) is 0 Å². The molecule has 0 bridgehead atoms. The molecule has 1 atom stereocenters. The molecule has 0 aliphatic carbocycles. The van der Waals surface area contributed by atoms with E-state index < -0.39 is 0 Å². The van der Waals surface area contributed by atoms with Gasteiger partial charge in [0.25, 0.3) is 5.56 Å². The second kappa shape index (κ2) is 5.44. The lowest BCUT2D eigenvalue weighted by molar-refractivity contribution is 0.608. The first-order valence-corrected chi connectivity index (χ1v) is 7.90. The maximum Gasteiger partial charge on any atom is 0.262 e. The normalized spacial score (nSPS) is 12.9. The third kappa shape index (κ3) is 2.51. The van der Waals surface area contributed by atoms with Crippen LogP contribution in [0.1, 0.15) is 36.8 Å². The molecule has 5 nitrogen and oxygen atoms in total. The average molecular weight is 302 g/mol. The minimum atomic E-state index is -0.0716. The Kier molecular flexibility index (Phi) is 3.63. The predicted octanol–water partition coefficient (Wildman–Crippen LogP) is 2.75. The van der Waals surface area contributed by atoms with Crippen molar-refractivity contribution in [2.24, 2.45) is 7.05 Å². The number of hydrogen-bond donors (Lipinski definition) is 0. The van der Waals surface area contributed by atoms with Gasteiger partial charge in [-0.1, -0.05) is 13.3 Å². The average Bonchev–Trinajstić information content (AvgIpc) is 3.05. The first kappa shape index (κ1) is 14.0. The van der Waals surface area contributed by atoms with E-state index in [9.17, 15) is 4.79 Å². The van der Waals surface area contributed by atoms with Crippen molar-refractivity contribution in [2.45, 2.75) is 32.7 Å². The molecule has 0 saturated heterocycles. The molecule has 6 heteroatoms. The number of aromatic nitrogens is 4. The molecule has 3 aromatic heterocycles. The van der Waals surface area contributed by atoms with Crippen LogP contribution in [0.25, 0.3) is 10.2 Å². The van der Waals surface area contributed by atoms with Gasteiger partial charge in [0.15, 0.2) is 0 Å². The van der Waals surface area contributed by atoms with Gasteiger partial charge in [-0.2, -0.15) is 5.10 Å². The van der Waals surface area contributed by atoms with Gasteiger partial charge in [-0.15, -0.1) is 11.3 Å². The minimum absolute atomic E-state index is 0.0231. The number of thiophene rings is 1. The number of rotatable bonds is 4. The number of nitrogens with zero attached hydrogens (tertiary/aromatic N) is 4. The highest BCUT2D eigenvalue weighted by atomic mass is 32.1. The number of fused-ring (bicyclic) bond motifs is 1. The molecule has 0 amide bonds. The van der Waals surface area contributed by atoms with Gasteiger partial charge in [0.2, 0.25) is 0 Å². The van der Waals surface area contributed by atoms with Gasteiger partial charge in [-0.3, -0.25) is 14.0 Å². The SMILES string of the molecule is CCCc1cc2c(=O)n([C@@H](C)c3cnn(C)c3)cnc2s1. The van der Waals surface area contributed by atoms with E-state index in [2.05, 4.69) is 17.0 Å². The fourth-order valence-electron chi connectivity index (χ4n) is 2.45. The van der Waals surface area contributed by atoms with Gasteiger partial charge in [-0.25, -0.2) is 4.98 Å². The van der Waals surface area contributed by atoms with Crippen LogP contribution in [-0.4, -0.2) is 19.3 Å². The molecule has 0 aromatic carbocycles. The van der Waals surface area contributed by atoms with Gasteiger partial charge < -0.3 is 0 Å². The van der Waals surface area contributed by atoms with Crippen LogP contribution < -0.4 is 5.56 Å². The molecule has 0 fully saturated rings. The molecule has 3 rings (SSSR count). The molecule has 0 aliphatic rings. The standard InChI is InChI=1S/C15H18N4OS/c1-4-5-12-6-13-14(21-12)16-9-19(15(13)20)10(2)11-7-17-18(3)8-11/h6-10H,4-5H2,1-3H3/t10-/m0/s1. The molecule has 0 N–H and O–H groups in total. The van der Waals surface area contributed by atoms with Gasteiger partial charge in [-0.05, 0) is 19.4 Å². The van der Waals surface area contributed by atoms with Crippen molar-refractivity contribution >= 4 is 21.6 Å². The van der Waals surface area contributed by atoms with Crippen molar-refractivity contribution in [3.8, 4) is 0 Å². The molecular formula is C15H18N4OS. The van der Waals surface area contributed by atoms with Crippen molar-refractivity contribution in [1.29, 1.82) is 0 Å². The van der Waals surface area contributed by atoms with E-state index in [1.165, 1.54) is 4.88 Å². The summed E-state index contributed by atoms with van der Waals surface area (Å²) in [6.45, 7) is 4.13. The van der Waals surface area contributed by atoms with Crippen LogP contribution in [0, 0.1) is 0 Å². The molecule has 110 valence electrons. The molecule has 0 aliphatic heterocycles. The second-order valence-electron chi connectivity index (χ2n) is 5.26. The van der Waals surface area contributed by atoms with Crippen LogP contribution in [-0.2, 0) is 13.5 Å². The van der Waals surface area contributed by atoms with Gasteiger partial charge in [0, 0.05) is 23.7 Å². The summed E-state index contributed by atoms with van der Waals surface area (Å²) in [5.74, 6) is 0. The molecule has 3 heterocycles. The van der Waals surface area contributed by atoms with Crippen LogP contribution in [0.4, 0.5) is 0 Å². The van der Waals surface area contributed by atoms with E-state index in [1.807, 2.05) is 26.2 Å². The van der Waals surface area contributed by atoms with E-state index in [1.54, 1.807) is 33.1 Å². The lowest BCUT2D eigenvalue weighted by Gasteiger charge is -2.12. The Bertz CT molecular complexity index is 830. The Balaban J connectivity index is 2.07. The van der Waals surface area contributed by atoms with E-state index in [0.717, 1.165) is 28.6 Å². The summed E-state index contributed by atoms with van der Waals surface area (Å²) in [6.07, 6.45) is 7.44. The van der Waals surface area contributed by atoms with Crippen LogP contribution in [0.2, 0.25) is 0 Å². The van der Waals surface area contributed by atoms with Gasteiger partial charge in [0.1, 0.15) is 4.83 Å². The van der Waals surface area contributed by atoms with Crippen molar-refractivity contribution in [1.82, 2.24) is 19.3 Å². The largest absolute Gasteiger partial charge is 0.291 e. The maximum atomic E-state index is 12.7. The van der Waals surface area contributed by atoms with E-state index >= 15 is 0 Å². The predicted molar refractivity (Wildman–Crippen MR) is 84.9 cm³/mol. The second-order valence-corrected chi connectivity index (χ2v) is 6.38. The fourth-order valence-corrected chi connectivity index (χ4v) is 3.54. The Morgan fingerprint density at radius 1 is 1.43 bits per heavy atom. The Morgan fingerprint density at radius 3 is 2.90 bits per heavy atom. The highest BCUT2D eigenvalue weighted by Gasteiger charge is 2.15. The van der Waals surface area contributed by atoms with Gasteiger partial charge in [0.05, 0.1) is 24.0 Å². The molecular weight excluding hydrogens is 284 g/mol. The summed E-state index contributed by atoms with van der Waals surface area (Å²) in [7, 11) is 1.87. The van der Waals surface area contributed by atoms with Crippen molar-refractivity contribution in [3.05, 3.63) is 45.6 Å². The zero-order chi connectivity index (χ0) is 15.0. The van der Waals surface area contributed by atoms with Crippen molar-refractivity contribution < 1.29 is 0 Å². The summed E-state index contributed by atoms with van der Waals surface area (Å²) >= 11 is 1.62. The molecule has 0 unspecified atom stereocenters. The lowest BCUT2D eigenvalue weighted by atomic mass is 10.2. The minimum Gasteiger partial charge on any atom is -0.291 e. The maximum absolute atomic E-state index is 12.7. The summed E-state index contributed by atoms with van der Waals surface area (Å²) in [5, 5.41) is 4.89. The van der Waals surface area contributed by atoms with Crippen molar-refractivity contribution in [3.63, 3.8) is 0 Å². The smallest absolute Gasteiger partial charge is 0.262 e. The summed E-state index contributed by atoms with van der Waals surface area (Å²) < 4.78 is 3.43. The van der Waals surface area contributed by atoms with Crippen LogP contribution in [0.5, 0.6) is 0 Å². The topological polar surface area (TPSA) is 52.7 Å². The first-order valence-electron chi connectivity index (χ1n) is 7.08. The molecule has 0 saturated carbocycles. The number of aryl methyl sites for hydroxylation is 2. The number of hydrogen-bond acceptors (Lipinski definition) is 4. The van der Waals surface area contributed by atoms with Crippen LogP contribution in [0.15, 0.2) is 29.6 Å². The Hall–Kier alpha value is -1.95. The van der Waals surface area contributed by atoms with E-state index in [4.69, 9.17) is 0 Å². The van der Waals surface area contributed by atoms with E-state index in [0.29, 0.717) is 0 Å². The summed E-state index contributed by atoms with van der Waals surface area (Å²) in [6, 6.07) is 1.92. The zero-order valence-corrected chi connectivity index (χ0v) is 13.2. The summed E-state index contributed by atoms with van der Waals surface area (Å²) in [5.41, 5.74) is 1.03. The van der Waals surface area contributed by atoms with Gasteiger partial charge >= 0.3 is 0 Å². The summed E-state index contributed by atoms with van der Waals surface area (Å²) in [4.78, 5) is 19.2. The Labute approximate surface area is 126 Å². The third-order valence-corrected chi connectivity index (χ3v) is 4.75. The molecule has 0 radical (unpaired) electrons. The highest BCUT2D eigenvalue weighted by molar-refractivity contribution is 7.18.